The maximum Gasteiger partial charge on any atom is 0.242 e. The van der Waals surface area contributed by atoms with E-state index in [2.05, 4.69) is 10.9 Å². The molecule has 0 radical (unpaired) electrons. The lowest BCUT2D eigenvalue weighted by Gasteiger charge is -2.07. The summed E-state index contributed by atoms with van der Waals surface area (Å²) >= 11 is 11.6. The van der Waals surface area contributed by atoms with Crippen LogP contribution >= 0.6 is 23.2 Å². The maximum absolute atomic E-state index is 11.7. The average molecular weight is 351 g/mol. The van der Waals surface area contributed by atoms with Crippen LogP contribution in [0, 0.1) is 0 Å². The van der Waals surface area contributed by atoms with Gasteiger partial charge in [-0.25, -0.2) is 0 Å². The third-order valence-electron chi connectivity index (χ3n) is 3.17. The number of hydrogen-bond acceptors (Lipinski definition) is 2. The van der Waals surface area contributed by atoms with Crippen LogP contribution in [0.1, 0.15) is 17.5 Å². The molecule has 2 amide bonds. The van der Waals surface area contributed by atoms with Crippen molar-refractivity contribution in [1.82, 2.24) is 10.9 Å². The second kappa shape index (κ2) is 8.56. The number of carbonyl (C=O) groups excluding carboxylic acids is 2. The van der Waals surface area contributed by atoms with Crippen molar-refractivity contribution in [2.75, 3.05) is 0 Å². The summed E-state index contributed by atoms with van der Waals surface area (Å²) in [5.74, 6) is -0.531. The number of aryl methyl sites for hydroxylation is 1. The molecule has 0 heterocycles. The van der Waals surface area contributed by atoms with Crippen molar-refractivity contribution in [3.63, 3.8) is 0 Å². The summed E-state index contributed by atoms with van der Waals surface area (Å²) in [6.45, 7) is 0. The molecular weight excluding hydrogens is 335 g/mol. The normalized spacial score (nSPS) is 10.2. The molecule has 0 aliphatic carbocycles. The lowest BCUT2D eigenvalue weighted by atomic mass is 10.1. The van der Waals surface area contributed by atoms with Crippen LogP contribution in [0.3, 0.4) is 0 Å². The smallest absolute Gasteiger partial charge is 0.242 e. The van der Waals surface area contributed by atoms with E-state index in [1.807, 2.05) is 12.1 Å². The van der Waals surface area contributed by atoms with Crippen molar-refractivity contribution in [2.24, 2.45) is 0 Å². The van der Waals surface area contributed by atoms with Crippen LogP contribution in [0.5, 0.6) is 0 Å². The molecule has 0 aliphatic rings. The Labute approximate surface area is 144 Å². The predicted octanol–water partition coefficient (Wildman–Crippen LogP) is 3.32. The Morgan fingerprint density at radius 2 is 1.22 bits per heavy atom. The predicted molar refractivity (Wildman–Crippen MR) is 91.2 cm³/mol. The minimum Gasteiger partial charge on any atom is -0.273 e. The number of benzene rings is 2. The van der Waals surface area contributed by atoms with Gasteiger partial charge in [0.05, 0.1) is 6.42 Å². The van der Waals surface area contributed by atoms with Crippen LogP contribution < -0.4 is 10.9 Å². The number of amides is 2. The van der Waals surface area contributed by atoms with E-state index in [0.29, 0.717) is 16.5 Å². The van der Waals surface area contributed by atoms with Crippen molar-refractivity contribution in [3.05, 3.63) is 69.7 Å². The maximum atomic E-state index is 11.7. The molecule has 0 unspecified atom stereocenters. The van der Waals surface area contributed by atoms with Gasteiger partial charge in [0, 0.05) is 16.5 Å². The molecule has 0 aliphatic heterocycles. The highest BCUT2D eigenvalue weighted by Crippen LogP contribution is 2.11. The molecule has 0 aromatic heterocycles. The number of nitrogens with one attached hydrogen (secondary N) is 2. The largest absolute Gasteiger partial charge is 0.273 e. The van der Waals surface area contributed by atoms with E-state index in [-0.39, 0.29) is 24.7 Å². The molecule has 2 aromatic carbocycles. The van der Waals surface area contributed by atoms with Crippen molar-refractivity contribution in [1.29, 1.82) is 0 Å². The molecule has 0 saturated carbocycles. The second-order valence-corrected chi connectivity index (χ2v) is 5.90. The summed E-state index contributed by atoms with van der Waals surface area (Å²) in [5.41, 5.74) is 6.64. The number of rotatable bonds is 5. The van der Waals surface area contributed by atoms with Crippen molar-refractivity contribution in [3.8, 4) is 0 Å². The van der Waals surface area contributed by atoms with Gasteiger partial charge in [0.1, 0.15) is 0 Å². The van der Waals surface area contributed by atoms with Gasteiger partial charge in [0.25, 0.3) is 0 Å². The van der Waals surface area contributed by atoms with Gasteiger partial charge in [-0.3, -0.25) is 20.4 Å². The quantitative estimate of drug-likeness (QED) is 0.812. The molecule has 4 nitrogen and oxygen atoms in total. The SMILES string of the molecule is O=C(CCc1ccc(Cl)cc1)NNC(=O)Cc1ccc(Cl)cc1. The molecule has 0 atom stereocenters. The first-order valence-electron chi connectivity index (χ1n) is 7.09. The second-order valence-electron chi connectivity index (χ2n) is 5.03. The lowest BCUT2D eigenvalue weighted by Crippen LogP contribution is -2.42. The summed E-state index contributed by atoms with van der Waals surface area (Å²) in [6, 6.07) is 14.3. The summed E-state index contributed by atoms with van der Waals surface area (Å²) in [5, 5.41) is 1.28. The average Bonchev–Trinajstić information content (AvgIpc) is 2.54. The van der Waals surface area contributed by atoms with Gasteiger partial charge in [0.2, 0.25) is 11.8 Å². The van der Waals surface area contributed by atoms with E-state index in [9.17, 15) is 9.59 Å². The van der Waals surface area contributed by atoms with Crippen molar-refractivity contribution >= 4 is 35.0 Å². The van der Waals surface area contributed by atoms with E-state index >= 15 is 0 Å². The Morgan fingerprint density at radius 3 is 1.78 bits per heavy atom. The van der Waals surface area contributed by atoms with Gasteiger partial charge in [-0.05, 0) is 41.8 Å². The molecule has 6 heteroatoms. The summed E-state index contributed by atoms with van der Waals surface area (Å²) in [4.78, 5) is 23.5. The van der Waals surface area contributed by atoms with Crippen LogP contribution in [0.4, 0.5) is 0 Å². The zero-order chi connectivity index (χ0) is 16.7. The third-order valence-corrected chi connectivity index (χ3v) is 3.68. The zero-order valence-corrected chi connectivity index (χ0v) is 13.8. The zero-order valence-electron chi connectivity index (χ0n) is 12.3. The Kier molecular flexibility index (Phi) is 6.44. The molecule has 0 spiro atoms. The lowest BCUT2D eigenvalue weighted by molar-refractivity contribution is -0.128. The fraction of sp³-hybridized carbons (Fsp3) is 0.176. The highest BCUT2D eigenvalue weighted by molar-refractivity contribution is 6.30. The first kappa shape index (κ1) is 17.3. The molecule has 23 heavy (non-hydrogen) atoms. The topological polar surface area (TPSA) is 58.2 Å². The monoisotopic (exact) mass is 350 g/mol. The first-order chi connectivity index (χ1) is 11.0. The fourth-order valence-corrected chi connectivity index (χ4v) is 2.19. The minimum absolute atomic E-state index is 0.175. The van der Waals surface area contributed by atoms with Gasteiger partial charge in [-0.15, -0.1) is 0 Å². The molecule has 0 fully saturated rings. The molecule has 2 rings (SSSR count). The molecule has 2 aromatic rings. The Morgan fingerprint density at radius 1 is 0.739 bits per heavy atom. The van der Waals surface area contributed by atoms with Crippen molar-refractivity contribution in [2.45, 2.75) is 19.3 Å². The highest BCUT2D eigenvalue weighted by atomic mass is 35.5. The van der Waals surface area contributed by atoms with E-state index in [0.717, 1.165) is 11.1 Å². The Bertz CT molecular complexity index is 670. The number of carbonyl (C=O) groups is 2. The molecule has 2 N–H and O–H groups in total. The summed E-state index contributed by atoms with van der Waals surface area (Å²) < 4.78 is 0. The minimum atomic E-state index is -0.285. The molecule has 0 saturated heterocycles. The van der Waals surface area contributed by atoms with Crippen LogP contribution in [-0.4, -0.2) is 11.8 Å². The van der Waals surface area contributed by atoms with Crippen molar-refractivity contribution < 1.29 is 9.59 Å². The van der Waals surface area contributed by atoms with E-state index < -0.39 is 0 Å². The number of hydrazine groups is 1. The van der Waals surface area contributed by atoms with Gasteiger partial charge >= 0.3 is 0 Å². The number of hydrogen-bond donors (Lipinski definition) is 2. The van der Waals surface area contributed by atoms with Crippen LogP contribution in [-0.2, 0) is 22.4 Å². The van der Waals surface area contributed by atoms with E-state index in [1.54, 1.807) is 36.4 Å². The third kappa shape index (κ3) is 6.30. The van der Waals surface area contributed by atoms with E-state index in [1.165, 1.54) is 0 Å². The Hall–Kier alpha value is -2.04. The standard InChI is InChI=1S/C17H16Cl2N2O2/c18-14-6-1-12(2-7-14)5-10-16(22)20-21-17(23)11-13-3-8-15(19)9-4-13/h1-4,6-9H,5,10-11H2,(H,20,22)(H,21,23). The first-order valence-corrected chi connectivity index (χ1v) is 7.85. The van der Waals surface area contributed by atoms with Crippen LogP contribution in [0.15, 0.2) is 48.5 Å². The highest BCUT2D eigenvalue weighted by Gasteiger charge is 2.06. The van der Waals surface area contributed by atoms with E-state index in [4.69, 9.17) is 23.2 Å². The molecular formula is C17H16Cl2N2O2. The fourth-order valence-electron chi connectivity index (χ4n) is 1.94. The Balaban J connectivity index is 1.70. The van der Waals surface area contributed by atoms with Gasteiger partial charge < -0.3 is 0 Å². The number of halogens is 2. The van der Waals surface area contributed by atoms with Crippen LogP contribution in [0.25, 0.3) is 0 Å². The molecule has 0 bridgehead atoms. The molecule has 120 valence electrons. The van der Waals surface area contributed by atoms with Crippen LogP contribution in [0.2, 0.25) is 10.0 Å². The van der Waals surface area contributed by atoms with Gasteiger partial charge in [-0.2, -0.15) is 0 Å². The van der Waals surface area contributed by atoms with Gasteiger partial charge in [-0.1, -0.05) is 47.5 Å². The summed E-state index contributed by atoms with van der Waals surface area (Å²) in [7, 11) is 0. The van der Waals surface area contributed by atoms with Gasteiger partial charge in [0.15, 0.2) is 0 Å². The summed E-state index contributed by atoms with van der Waals surface area (Å²) in [6.07, 6.45) is 1.04.